The zero-order valence-corrected chi connectivity index (χ0v) is 16.3. The highest BCUT2D eigenvalue weighted by atomic mass is 32.2. The van der Waals surface area contributed by atoms with Crippen LogP contribution >= 0.6 is 0 Å². The van der Waals surface area contributed by atoms with Gasteiger partial charge in [0.05, 0.1) is 0 Å². The Balaban J connectivity index is 1.82. The zero-order chi connectivity index (χ0) is 18.9. The molecule has 1 aliphatic rings. The Morgan fingerprint density at radius 3 is 2.62 bits per heavy atom. The van der Waals surface area contributed by atoms with Crippen LogP contribution in [0.1, 0.15) is 29.4 Å². The standard InChI is InChI=1S/C18H24N4O3S/c1-13-7-5-6-8-16(13)25-17-11-14(2)19-18(20-17)15-9-10-22(12-15)26(23,24)21(3)4/h5-8,11,15H,9-10,12H2,1-4H3/t15-/m0/s1. The van der Waals surface area contributed by atoms with Gasteiger partial charge in [0.2, 0.25) is 5.88 Å². The van der Waals surface area contributed by atoms with Crippen molar-refractivity contribution in [2.75, 3.05) is 27.2 Å². The maximum atomic E-state index is 12.3. The molecule has 0 amide bonds. The van der Waals surface area contributed by atoms with Gasteiger partial charge in [0.1, 0.15) is 11.6 Å². The molecule has 0 spiro atoms. The number of hydrogen-bond acceptors (Lipinski definition) is 5. The molecule has 1 aromatic carbocycles. The quantitative estimate of drug-likeness (QED) is 0.801. The van der Waals surface area contributed by atoms with Crippen LogP contribution in [-0.4, -0.2) is 54.2 Å². The van der Waals surface area contributed by atoms with Gasteiger partial charge in [-0.25, -0.2) is 4.98 Å². The minimum absolute atomic E-state index is 0.0381. The van der Waals surface area contributed by atoms with Crippen LogP contribution in [0.25, 0.3) is 0 Å². The predicted molar refractivity (Wildman–Crippen MR) is 99.6 cm³/mol. The molecule has 1 saturated heterocycles. The maximum absolute atomic E-state index is 12.3. The predicted octanol–water partition coefficient (Wildman–Crippen LogP) is 2.48. The first-order chi connectivity index (χ1) is 12.3. The largest absolute Gasteiger partial charge is 0.439 e. The lowest BCUT2D eigenvalue weighted by atomic mass is 10.1. The minimum Gasteiger partial charge on any atom is -0.439 e. The molecule has 0 aliphatic carbocycles. The summed E-state index contributed by atoms with van der Waals surface area (Å²) in [6.07, 6.45) is 0.695. The summed E-state index contributed by atoms with van der Waals surface area (Å²) in [5.41, 5.74) is 1.82. The number of nitrogens with zero attached hydrogens (tertiary/aromatic N) is 4. The molecule has 140 valence electrons. The van der Waals surface area contributed by atoms with E-state index in [1.54, 1.807) is 20.2 Å². The highest BCUT2D eigenvalue weighted by Gasteiger charge is 2.35. The molecular formula is C18H24N4O3S. The molecule has 2 heterocycles. The number of aromatic nitrogens is 2. The average Bonchev–Trinajstić information content (AvgIpc) is 3.07. The van der Waals surface area contributed by atoms with Gasteiger partial charge >= 0.3 is 0 Å². The molecule has 0 N–H and O–H groups in total. The molecule has 3 rings (SSSR count). The first-order valence-electron chi connectivity index (χ1n) is 8.54. The number of ether oxygens (including phenoxy) is 1. The Morgan fingerprint density at radius 2 is 1.92 bits per heavy atom. The van der Waals surface area contributed by atoms with Gasteiger partial charge in [-0.2, -0.15) is 22.0 Å². The Labute approximate surface area is 154 Å². The first-order valence-corrected chi connectivity index (χ1v) is 9.93. The molecule has 1 aliphatic heterocycles. The number of rotatable bonds is 5. The summed E-state index contributed by atoms with van der Waals surface area (Å²) in [4.78, 5) is 9.06. The van der Waals surface area contributed by atoms with Crippen LogP contribution in [0.15, 0.2) is 30.3 Å². The van der Waals surface area contributed by atoms with Crippen LogP contribution in [-0.2, 0) is 10.2 Å². The number of para-hydroxylation sites is 1. The van der Waals surface area contributed by atoms with Crippen molar-refractivity contribution in [2.24, 2.45) is 0 Å². The maximum Gasteiger partial charge on any atom is 0.281 e. The number of aryl methyl sites for hydroxylation is 2. The van der Waals surface area contributed by atoms with Crippen molar-refractivity contribution in [3.05, 3.63) is 47.4 Å². The van der Waals surface area contributed by atoms with Gasteiger partial charge in [0.15, 0.2) is 0 Å². The Hall–Kier alpha value is -2.03. The van der Waals surface area contributed by atoms with Crippen LogP contribution in [0.3, 0.4) is 0 Å². The summed E-state index contributed by atoms with van der Waals surface area (Å²) >= 11 is 0. The van der Waals surface area contributed by atoms with E-state index in [0.29, 0.717) is 31.2 Å². The van der Waals surface area contributed by atoms with Crippen LogP contribution < -0.4 is 4.74 Å². The van der Waals surface area contributed by atoms with Crippen molar-refractivity contribution < 1.29 is 13.2 Å². The van der Waals surface area contributed by atoms with Crippen LogP contribution in [0.5, 0.6) is 11.6 Å². The third kappa shape index (κ3) is 3.87. The summed E-state index contributed by atoms with van der Waals surface area (Å²) in [5.74, 6) is 1.82. The van der Waals surface area contributed by atoms with E-state index in [1.807, 2.05) is 38.1 Å². The van der Waals surface area contributed by atoms with E-state index in [1.165, 1.54) is 8.61 Å². The van der Waals surface area contributed by atoms with Crippen molar-refractivity contribution in [3.63, 3.8) is 0 Å². The fourth-order valence-corrected chi connectivity index (χ4v) is 4.13. The smallest absolute Gasteiger partial charge is 0.281 e. The van der Waals surface area contributed by atoms with Crippen LogP contribution in [0.2, 0.25) is 0 Å². The van der Waals surface area contributed by atoms with Crippen molar-refractivity contribution in [3.8, 4) is 11.6 Å². The van der Waals surface area contributed by atoms with E-state index in [4.69, 9.17) is 4.74 Å². The molecule has 7 nitrogen and oxygen atoms in total. The lowest BCUT2D eigenvalue weighted by Crippen LogP contribution is -2.38. The zero-order valence-electron chi connectivity index (χ0n) is 15.5. The molecule has 1 aromatic heterocycles. The second-order valence-corrected chi connectivity index (χ2v) is 8.85. The Bertz CT molecular complexity index is 899. The lowest BCUT2D eigenvalue weighted by Gasteiger charge is -2.20. The second kappa shape index (κ2) is 7.30. The minimum atomic E-state index is -3.41. The van der Waals surface area contributed by atoms with Crippen molar-refractivity contribution in [1.82, 2.24) is 18.6 Å². The van der Waals surface area contributed by atoms with Crippen molar-refractivity contribution in [1.29, 1.82) is 0 Å². The van der Waals surface area contributed by atoms with Crippen molar-refractivity contribution >= 4 is 10.2 Å². The number of hydrogen-bond donors (Lipinski definition) is 0. The number of benzene rings is 1. The molecule has 0 bridgehead atoms. The molecule has 2 aromatic rings. The third-order valence-corrected chi connectivity index (χ3v) is 6.37. The lowest BCUT2D eigenvalue weighted by molar-refractivity contribution is 0.416. The van der Waals surface area contributed by atoms with Gasteiger partial charge in [-0.15, -0.1) is 0 Å². The highest BCUT2D eigenvalue weighted by molar-refractivity contribution is 7.86. The van der Waals surface area contributed by atoms with Crippen LogP contribution in [0.4, 0.5) is 0 Å². The molecule has 0 unspecified atom stereocenters. The molecule has 26 heavy (non-hydrogen) atoms. The fraction of sp³-hybridized carbons (Fsp3) is 0.444. The summed E-state index contributed by atoms with van der Waals surface area (Å²) in [6.45, 7) is 4.72. The van der Waals surface area contributed by atoms with Gasteiger partial charge in [0, 0.05) is 44.9 Å². The molecule has 1 fully saturated rings. The third-order valence-electron chi connectivity index (χ3n) is 4.46. The van der Waals surface area contributed by atoms with Gasteiger partial charge in [-0.1, -0.05) is 18.2 Å². The monoisotopic (exact) mass is 376 g/mol. The highest BCUT2D eigenvalue weighted by Crippen LogP contribution is 2.30. The summed E-state index contributed by atoms with van der Waals surface area (Å²) in [6, 6.07) is 9.53. The SMILES string of the molecule is Cc1cc(Oc2ccccc2C)nc([C@H]2CCN(S(=O)(=O)N(C)C)C2)n1. The van der Waals surface area contributed by atoms with Crippen LogP contribution in [0, 0.1) is 13.8 Å². The van der Waals surface area contributed by atoms with Gasteiger partial charge in [-0.05, 0) is 31.9 Å². The second-order valence-electron chi connectivity index (χ2n) is 6.71. The van der Waals surface area contributed by atoms with E-state index in [2.05, 4.69) is 9.97 Å². The van der Waals surface area contributed by atoms with Crippen molar-refractivity contribution in [2.45, 2.75) is 26.2 Å². The van der Waals surface area contributed by atoms with Gasteiger partial charge in [0.25, 0.3) is 10.2 Å². The topological polar surface area (TPSA) is 75.6 Å². The molecule has 0 radical (unpaired) electrons. The van der Waals surface area contributed by atoms with Gasteiger partial charge in [-0.3, -0.25) is 0 Å². The Morgan fingerprint density at radius 1 is 1.19 bits per heavy atom. The summed E-state index contributed by atoms with van der Waals surface area (Å²) in [5, 5.41) is 0. The summed E-state index contributed by atoms with van der Waals surface area (Å²) in [7, 11) is -0.329. The van der Waals surface area contributed by atoms with E-state index >= 15 is 0 Å². The Kier molecular flexibility index (Phi) is 5.27. The van der Waals surface area contributed by atoms with Gasteiger partial charge < -0.3 is 4.74 Å². The normalized spacial score (nSPS) is 18.4. The van der Waals surface area contributed by atoms with E-state index in [0.717, 1.165) is 17.0 Å². The molecular weight excluding hydrogens is 352 g/mol. The summed E-state index contributed by atoms with van der Waals surface area (Å²) < 4.78 is 33.3. The van der Waals surface area contributed by atoms with E-state index in [9.17, 15) is 8.42 Å². The van der Waals surface area contributed by atoms with E-state index in [-0.39, 0.29) is 5.92 Å². The average molecular weight is 376 g/mol. The molecule has 8 heteroatoms. The molecule has 0 saturated carbocycles. The van der Waals surface area contributed by atoms with E-state index < -0.39 is 10.2 Å². The fourth-order valence-electron chi connectivity index (χ4n) is 2.96. The molecule has 1 atom stereocenters. The first kappa shape index (κ1) is 18.8.